The lowest BCUT2D eigenvalue weighted by molar-refractivity contribution is 0.0247. The van der Waals surface area contributed by atoms with Gasteiger partial charge in [0.25, 0.3) is 5.91 Å². The van der Waals surface area contributed by atoms with Crippen LogP contribution >= 0.6 is 11.9 Å². The van der Waals surface area contributed by atoms with E-state index in [1.807, 2.05) is 47.4 Å². The van der Waals surface area contributed by atoms with Crippen molar-refractivity contribution in [3.8, 4) is 0 Å². The van der Waals surface area contributed by atoms with Gasteiger partial charge in [-0.1, -0.05) is 19.9 Å². The molecule has 1 aliphatic rings. The molecule has 0 radical (unpaired) electrons. The SMILES string of the molecule is CC(C)CC1(CO)CCN(C(=O)c2ccc(NSc3cccc4nccnc34)cc2)CC1. The van der Waals surface area contributed by atoms with Crippen LogP contribution in [-0.2, 0) is 0 Å². The number of anilines is 1. The molecule has 1 saturated heterocycles. The van der Waals surface area contributed by atoms with E-state index in [0.29, 0.717) is 24.6 Å². The van der Waals surface area contributed by atoms with E-state index in [2.05, 4.69) is 28.5 Å². The number of nitrogens with one attached hydrogen (secondary N) is 1. The van der Waals surface area contributed by atoms with Crippen molar-refractivity contribution in [3.05, 3.63) is 60.4 Å². The van der Waals surface area contributed by atoms with Crippen molar-refractivity contribution in [3.63, 3.8) is 0 Å². The Morgan fingerprint density at radius 2 is 1.84 bits per heavy atom. The van der Waals surface area contributed by atoms with E-state index in [4.69, 9.17) is 0 Å². The maximum Gasteiger partial charge on any atom is 0.253 e. The highest BCUT2D eigenvalue weighted by atomic mass is 32.2. The van der Waals surface area contributed by atoms with Crippen molar-refractivity contribution in [1.29, 1.82) is 0 Å². The van der Waals surface area contributed by atoms with Gasteiger partial charge in [-0.05, 0) is 78.9 Å². The van der Waals surface area contributed by atoms with E-state index < -0.39 is 0 Å². The fraction of sp³-hybridized carbons (Fsp3) is 0.400. The molecular weight excluding hydrogens is 420 g/mol. The van der Waals surface area contributed by atoms with E-state index >= 15 is 0 Å². The van der Waals surface area contributed by atoms with Gasteiger partial charge in [-0.15, -0.1) is 0 Å². The van der Waals surface area contributed by atoms with Crippen LogP contribution in [0.25, 0.3) is 11.0 Å². The van der Waals surface area contributed by atoms with Crippen molar-refractivity contribution in [2.24, 2.45) is 11.3 Å². The summed E-state index contributed by atoms with van der Waals surface area (Å²) in [5.41, 5.74) is 3.29. The zero-order chi connectivity index (χ0) is 22.6. The van der Waals surface area contributed by atoms with E-state index in [1.54, 1.807) is 12.4 Å². The van der Waals surface area contributed by atoms with Crippen LogP contribution in [0.1, 0.15) is 43.5 Å². The average Bonchev–Trinajstić information content (AvgIpc) is 2.82. The summed E-state index contributed by atoms with van der Waals surface area (Å²) in [6.45, 7) is 5.98. The maximum atomic E-state index is 13.0. The minimum absolute atomic E-state index is 0.0397. The normalized spacial score (nSPS) is 15.8. The number of nitrogens with zero attached hydrogens (tertiary/aromatic N) is 3. The second-order valence-corrected chi connectivity index (χ2v) is 9.86. The Labute approximate surface area is 193 Å². The van der Waals surface area contributed by atoms with Crippen molar-refractivity contribution in [2.75, 3.05) is 24.4 Å². The Balaban J connectivity index is 1.36. The predicted molar refractivity (Wildman–Crippen MR) is 130 cm³/mol. The molecule has 1 amide bonds. The molecule has 0 spiro atoms. The number of rotatable bonds is 7. The van der Waals surface area contributed by atoms with Gasteiger partial charge in [0.15, 0.2) is 0 Å². The van der Waals surface area contributed by atoms with Gasteiger partial charge in [0.1, 0.15) is 5.52 Å². The lowest BCUT2D eigenvalue weighted by Crippen LogP contribution is -2.45. The molecule has 168 valence electrons. The molecular formula is C25H30N4O2S. The number of piperidine rings is 1. The zero-order valence-electron chi connectivity index (χ0n) is 18.6. The molecule has 2 aromatic carbocycles. The summed E-state index contributed by atoms with van der Waals surface area (Å²) in [5.74, 6) is 0.604. The highest BCUT2D eigenvalue weighted by Gasteiger charge is 2.36. The van der Waals surface area contributed by atoms with Crippen molar-refractivity contribution >= 4 is 34.6 Å². The van der Waals surface area contributed by atoms with Crippen LogP contribution in [0.15, 0.2) is 59.8 Å². The molecule has 2 heterocycles. The van der Waals surface area contributed by atoms with Gasteiger partial charge in [0.05, 0.1) is 10.4 Å². The Bertz CT molecular complexity index is 1060. The maximum absolute atomic E-state index is 13.0. The Kier molecular flexibility index (Phi) is 6.96. The third-order valence-corrected chi connectivity index (χ3v) is 7.05. The number of benzene rings is 2. The molecule has 6 nitrogen and oxygen atoms in total. The summed E-state index contributed by atoms with van der Waals surface area (Å²) < 4.78 is 3.33. The fourth-order valence-corrected chi connectivity index (χ4v) is 5.27. The van der Waals surface area contributed by atoms with Gasteiger partial charge in [-0.2, -0.15) is 0 Å². The Morgan fingerprint density at radius 3 is 2.53 bits per heavy atom. The number of hydrogen-bond acceptors (Lipinski definition) is 6. The zero-order valence-corrected chi connectivity index (χ0v) is 19.4. The fourth-order valence-electron chi connectivity index (χ4n) is 4.50. The number of para-hydroxylation sites is 1. The molecule has 7 heteroatoms. The van der Waals surface area contributed by atoms with Crippen LogP contribution in [0, 0.1) is 11.3 Å². The minimum Gasteiger partial charge on any atom is -0.396 e. The van der Waals surface area contributed by atoms with Crippen molar-refractivity contribution in [1.82, 2.24) is 14.9 Å². The molecule has 0 saturated carbocycles. The number of amides is 1. The van der Waals surface area contributed by atoms with E-state index in [9.17, 15) is 9.90 Å². The molecule has 0 bridgehead atoms. The van der Waals surface area contributed by atoms with Crippen LogP contribution < -0.4 is 4.72 Å². The highest BCUT2D eigenvalue weighted by molar-refractivity contribution is 8.00. The van der Waals surface area contributed by atoms with E-state index in [0.717, 1.165) is 40.9 Å². The van der Waals surface area contributed by atoms with Crippen LogP contribution in [0.3, 0.4) is 0 Å². The van der Waals surface area contributed by atoms with Crippen molar-refractivity contribution in [2.45, 2.75) is 38.0 Å². The predicted octanol–water partition coefficient (Wildman–Crippen LogP) is 5.01. The first-order valence-corrected chi connectivity index (χ1v) is 11.9. The second kappa shape index (κ2) is 9.88. The summed E-state index contributed by atoms with van der Waals surface area (Å²) in [7, 11) is 0. The smallest absolute Gasteiger partial charge is 0.253 e. The van der Waals surface area contributed by atoms with Gasteiger partial charge >= 0.3 is 0 Å². The standard InChI is InChI=1S/C25H30N4O2S/c1-18(2)16-25(17-30)10-14-29(15-11-25)24(31)19-6-8-20(9-7-19)28-32-22-5-3-4-21-23(22)27-13-12-26-21/h3-9,12-13,18,28,30H,10-11,14-17H2,1-2H3. The summed E-state index contributed by atoms with van der Waals surface area (Å²) >= 11 is 1.48. The van der Waals surface area contributed by atoms with Gasteiger partial charge in [-0.3, -0.25) is 14.8 Å². The third-order valence-electron chi connectivity index (χ3n) is 6.16. The number of likely N-dealkylation sites (tertiary alicyclic amines) is 1. The molecule has 2 N–H and O–H groups in total. The molecule has 3 aromatic rings. The van der Waals surface area contributed by atoms with Gasteiger partial charge in [0.2, 0.25) is 0 Å². The largest absolute Gasteiger partial charge is 0.396 e. The van der Waals surface area contributed by atoms with E-state index in [-0.39, 0.29) is 17.9 Å². The van der Waals surface area contributed by atoms with Gasteiger partial charge in [0, 0.05) is 43.3 Å². The number of aliphatic hydroxyl groups excluding tert-OH is 1. The molecule has 1 fully saturated rings. The number of carbonyl (C=O) groups excluding carboxylic acids is 1. The molecule has 1 aliphatic heterocycles. The molecule has 0 atom stereocenters. The van der Waals surface area contributed by atoms with Gasteiger partial charge in [-0.25, -0.2) is 0 Å². The topological polar surface area (TPSA) is 78.4 Å². The van der Waals surface area contributed by atoms with Crippen molar-refractivity contribution < 1.29 is 9.90 Å². The lowest BCUT2D eigenvalue weighted by Gasteiger charge is -2.41. The van der Waals surface area contributed by atoms with Crippen LogP contribution in [0.4, 0.5) is 5.69 Å². The molecule has 1 aromatic heterocycles. The van der Waals surface area contributed by atoms with Crippen LogP contribution in [-0.4, -0.2) is 45.6 Å². The third kappa shape index (κ3) is 5.05. The highest BCUT2D eigenvalue weighted by Crippen LogP contribution is 2.37. The first-order chi connectivity index (χ1) is 15.5. The number of aliphatic hydroxyl groups is 1. The number of carbonyl (C=O) groups is 1. The quantitative estimate of drug-likeness (QED) is 0.493. The molecule has 32 heavy (non-hydrogen) atoms. The summed E-state index contributed by atoms with van der Waals surface area (Å²) in [4.78, 5) is 24.7. The number of fused-ring (bicyclic) bond motifs is 1. The van der Waals surface area contributed by atoms with Crippen LogP contribution in [0.5, 0.6) is 0 Å². The first-order valence-electron chi connectivity index (χ1n) is 11.1. The Morgan fingerprint density at radius 1 is 1.12 bits per heavy atom. The van der Waals surface area contributed by atoms with Gasteiger partial charge < -0.3 is 14.7 Å². The average molecular weight is 451 g/mol. The second-order valence-electron chi connectivity index (χ2n) is 9.01. The molecule has 0 aliphatic carbocycles. The molecule has 0 unspecified atom stereocenters. The number of hydrogen-bond donors (Lipinski definition) is 2. The monoisotopic (exact) mass is 450 g/mol. The van der Waals surface area contributed by atoms with Crippen LogP contribution in [0.2, 0.25) is 0 Å². The Hall–Kier alpha value is -2.64. The minimum atomic E-state index is -0.0397. The number of aromatic nitrogens is 2. The molecule has 4 rings (SSSR count). The van der Waals surface area contributed by atoms with E-state index in [1.165, 1.54) is 11.9 Å². The summed E-state index contributed by atoms with van der Waals surface area (Å²) in [6.07, 6.45) is 6.11. The summed E-state index contributed by atoms with van der Waals surface area (Å²) in [5, 5.41) is 9.93. The lowest BCUT2D eigenvalue weighted by atomic mass is 9.73. The summed E-state index contributed by atoms with van der Waals surface area (Å²) in [6, 6.07) is 13.5. The first kappa shape index (κ1) is 22.6.